The van der Waals surface area contributed by atoms with Crippen LogP contribution in [0, 0.1) is 0 Å². The molecular formula is C20H29F4N5O2. The molecule has 174 valence electrons. The second kappa shape index (κ2) is 10.3. The van der Waals surface area contributed by atoms with Gasteiger partial charge in [-0.05, 0) is 45.2 Å². The molecule has 0 spiro atoms. The molecule has 0 aliphatic heterocycles. The van der Waals surface area contributed by atoms with E-state index < -0.39 is 30.1 Å². The maximum absolute atomic E-state index is 12.6. The number of nitrogens with zero attached hydrogens (tertiary/aromatic N) is 3. The molecule has 0 aromatic carbocycles. The molecule has 1 fully saturated rings. The van der Waals surface area contributed by atoms with Crippen LogP contribution in [-0.2, 0) is 11.3 Å². The number of rotatable bonds is 4. The molecule has 0 bridgehead atoms. The molecule has 1 saturated carbocycles. The van der Waals surface area contributed by atoms with Gasteiger partial charge in [-0.15, -0.1) is 0 Å². The monoisotopic (exact) mass is 447 g/mol. The molecule has 0 saturated heterocycles. The molecule has 7 nitrogen and oxygen atoms in total. The quantitative estimate of drug-likeness (QED) is 0.668. The van der Waals surface area contributed by atoms with E-state index in [4.69, 9.17) is 10.5 Å². The number of aromatic nitrogens is 3. The Morgan fingerprint density at radius 1 is 1.29 bits per heavy atom. The number of hydrogen-bond acceptors (Lipinski definition) is 5. The van der Waals surface area contributed by atoms with Gasteiger partial charge in [0.25, 0.3) is 6.43 Å². The van der Waals surface area contributed by atoms with Gasteiger partial charge in [-0.2, -0.15) is 5.10 Å². The molecule has 2 aromatic rings. The van der Waals surface area contributed by atoms with Crippen LogP contribution in [0.25, 0.3) is 5.65 Å². The first-order valence-electron chi connectivity index (χ1n) is 10.1. The molecule has 2 aromatic heterocycles. The van der Waals surface area contributed by atoms with Crippen molar-refractivity contribution < 1.29 is 27.1 Å². The molecule has 1 amide bonds. The van der Waals surface area contributed by atoms with E-state index in [1.807, 2.05) is 0 Å². The third-order valence-electron chi connectivity index (χ3n) is 4.45. The van der Waals surface area contributed by atoms with Gasteiger partial charge in [0.2, 0.25) is 5.92 Å². The van der Waals surface area contributed by atoms with E-state index in [1.165, 1.54) is 16.8 Å². The topological polar surface area (TPSA) is 94.5 Å². The standard InChI is InChI=1S/C14H19F2N5O2.C6H10F2/c1-14(2,3)23-13(22)18-6-9-7-21-10(20-9)4-8(5-19-21)11(17)12(15)16;7-6(8)4-2-1-3-5-6/h4-5,7,11-12H,6,17H2,1-3H3,(H,18,22);1-5H2. The normalized spacial score (nSPS) is 17.1. The Hall–Kier alpha value is -2.43. The lowest BCUT2D eigenvalue weighted by atomic mass is 9.97. The number of halogens is 4. The predicted octanol–water partition coefficient (Wildman–Crippen LogP) is 4.60. The fourth-order valence-electron chi connectivity index (χ4n) is 2.90. The summed E-state index contributed by atoms with van der Waals surface area (Å²) in [5.41, 5.74) is 5.89. The van der Waals surface area contributed by atoms with Crippen LogP contribution in [-0.4, -0.2) is 38.6 Å². The van der Waals surface area contributed by atoms with Crippen molar-refractivity contribution in [2.75, 3.05) is 0 Å². The van der Waals surface area contributed by atoms with E-state index in [9.17, 15) is 22.4 Å². The largest absolute Gasteiger partial charge is 0.444 e. The highest BCUT2D eigenvalue weighted by Crippen LogP contribution is 2.32. The summed E-state index contributed by atoms with van der Waals surface area (Å²) in [4.78, 5) is 15.8. The van der Waals surface area contributed by atoms with Crippen LogP contribution < -0.4 is 11.1 Å². The Morgan fingerprint density at radius 3 is 2.45 bits per heavy atom. The van der Waals surface area contributed by atoms with Crippen molar-refractivity contribution in [2.45, 2.75) is 83.4 Å². The molecule has 31 heavy (non-hydrogen) atoms. The van der Waals surface area contributed by atoms with E-state index in [0.29, 0.717) is 24.2 Å². The molecule has 0 radical (unpaired) electrons. The average molecular weight is 447 g/mol. The summed E-state index contributed by atoms with van der Waals surface area (Å²) in [6.45, 7) is 5.41. The predicted molar refractivity (Wildman–Crippen MR) is 107 cm³/mol. The van der Waals surface area contributed by atoms with Crippen molar-refractivity contribution in [1.29, 1.82) is 0 Å². The third kappa shape index (κ3) is 8.31. The zero-order chi connectivity index (χ0) is 23.2. The van der Waals surface area contributed by atoms with Gasteiger partial charge in [-0.25, -0.2) is 31.9 Å². The van der Waals surface area contributed by atoms with Crippen LogP contribution in [0.15, 0.2) is 18.5 Å². The number of nitrogens with one attached hydrogen (secondary N) is 1. The number of nitrogens with two attached hydrogens (primary N) is 1. The molecule has 1 atom stereocenters. The second-order valence-corrected chi connectivity index (χ2v) is 8.46. The number of amides is 1. The molecule has 1 aliphatic rings. The lowest BCUT2D eigenvalue weighted by Gasteiger charge is -2.20. The highest BCUT2D eigenvalue weighted by Gasteiger charge is 2.30. The molecule has 2 heterocycles. The Balaban J connectivity index is 0.000000357. The summed E-state index contributed by atoms with van der Waals surface area (Å²) >= 11 is 0. The van der Waals surface area contributed by atoms with Crippen LogP contribution in [0.4, 0.5) is 22.4 Å². The fourth-order valence-corrected chi connectivity index (χ4v) is 2.90. The van der Waals surface area contributed by atoms with E-state index >= 15 is 0 Å². The summed E-state index contributed by atoms with van der Waals surface area (Å²) in [6.07, 6.45) is 2.28. The summed E-state index contributed by atoms with van der Waals surface area (Å²) < 4.78 is 56.2. The summed E-state index contributed by atoms with van der Waals surface area (Å²) in [7, 11) is 0. The van der Waals surface area contributed by atoms with E-state index in [1.54, 1.807) is 27.0 Å². The minimum Gasteiger partial charge on any atom is -0.444 e. The fraction of sp³-hybridized carbons (Fsp3) is 0.650. The van der Waals surface area contributed by atoms with Crippen LogP contribution in [0.5, 0.6) is 0 Å². The SMILES string of the molecule is CC(C)(C)OC(=O)NCc1cn2ncc(C(N)C(F)F)cc2n1.FC1(F)CCCCC1. The first-order valence-corrected chi connectivity index (χ1v) is 10.1. The number of fused-ring (bicyclic) bond motifs is 1. The number of ether oxygens (including phenoxy) is 1. The number of alkyl halides is 4. The lowest BCUT2D eigenvalue weighted by molar-refractivity contribution is -0.0337. The highest BCUT2D eigenvalue weighted by atomic mass is 19.3. The van der Waals surface area contributed by atoms with E-state index in [-0.39, 0.29) is 24.9 Å². The van der Waals surface area contributed by atoms with Crippen LogP contribution in [0.1, 0.15) is 70.2 Å². The van der Waals surface area contributed by atoms with Crippen LogP contribution >= 0.6 is 0 Å². The minimum atomic E-state index is -2.68. The molecule has 3 N–H and O–H groups in total. The Kier molecular flexibility index (Phi) is 8.21. The Bertz CT molecular complexity index is 859. The van der Waals surface area contributed by atoms with Crippen LogP contribution in [0.3, 0.4) is 0 Å². The molecule has 11 heteroatoms. The Morgan fingerprint density at radius 2 is 1.94 bits per heavy atom. The Labute approximate surface area is 178 Å². The first-order chi connectivity index (χ1) is 14.4. The zero-order valence-corrected chi connectivity index (χ0v) is 17.9. The number of alkyl carbamates (subject to hydrolysis) is 1. The smallest absolute Gasteiger partial charge is 0.407 e. The van der Waals surface area contributed by atoms with Gasteiger partial charge in [-0.1, -0.05) is 6.42 Å². The summed E-state index contributed by atoms with van der Waals surface area (Å²) in [5.74, 6) is -2.32. The second-order valence-electron chi connectivity index (χ2n) is 8.46. The minimum absolute atomic E-state index is 0.118. The van der Waals surface area contributed by atoms with Crippen molar-refractivity contribution in [3.63, 3.8) is 0 Å². The van der Waals surface area contributed by atoms with Gasteiger partial charge in [0.15, 0.2) is 5.65 Å². The maximum atomic E-state index is 12.6. The molecule has 1 unspecified atom stereocenters. The lowest BCUT2D eigenvalue weighted by Crippen LogP contribution is -2.32. The average Bonchev–Trinajstić information content (AvgIpc) is 3.06. The van der Waals surface area contributed by atoms with E-state index in [2.05, 4.69) is 15.4 Å². The molecular weight excluding hydrogens is 418 g/mol. The zero-order valence-electron chi connectivity index (χ0n) is 17.9. The van der Waals surface area contributed by atoms with Crippen molar-refractivity contribution in [2.24, 2.45) is 5.73 Å². The van der Waals surface area contributed by atoms with Gasteiger partial charge in [0.1, 0.15) is 5.60 Å². The van der Waals surface area contributed by atoms with Gasteiger partial charge in [0.05, 0.1) is 30.7 Å². The third-order valence-corrected chi connectivity index (χ3v) is 4.45. The number of carbonyl (C=O) groups excluding carboxylic acids is 1. The number of carbonyl (C=O) groups is 1. The number of hydrogen-bond donors (Lipinski definition) is 2. The highest BCUT2D eigenvalue weighted by molar-refractivity contribution is 5.67. The van der Waals surface area contributed by atoms with Gasteiger partial charge in [-0.3, -0.25) is 0 Å². The van der Waals surface area contributed by atoms with E-state index in [0.717, 1.165) is 6.42 Å². The van der Waals surface area contributed by atoms with Gasteiger partial charge in [0, 0.05) is 12.8 Å². The first kappa shape index (κ1) is 24.8. The summed E-state index contributed by atoms with van der Waals surface area (Å²) in [5, 5.41) is 6.55. The molecule has 3 rings (SSSR count). The van der Waals surface area contributed by atoms with Crippen molar-refractivity contribution >= 4 is 11.7 Å². The summed E-state index contributed by atoms with van der Waals surface area (Å²) in [6, 6.07) is 0.0356. The molecule has 1 aliphatic carbocycles. The maximum Gasteiger partial charge on any atom is 0.407 e. The van der Waals surface area contributed by atoms with Gasteiger partial charge >= 0.3 is 6.09 Å². The van der Waals surface area contributed by atoms with Crippen LogP contribution in [0.2, 0.25) is 0 Å². The van der Waals surface area contributed by atoms with Gasteiger partial charge < -0.3 is 15.8 Å². The van der Waals surface area contributed by atoms with Crippen molar-refractivity contribution in [3.05, 3.63) is 29.7 Å². The number of imidazole rings is 1. The van der Waals surface area contributed by atoms with Crippen molar-refractivity contribution in [1.82, 2.24) is 19.9 Å². The van der Waals surface area contributed by atoms with Crippen molar-refractivity contribution in [3.8, 4) is 0 Å².